The van der Waals surface area contributed by atoms with Crippen molar-refractivity contribution in [2.75, 3.05) is 24.7 Å². The summed E-state index contributed by atoms with van der Waals surface area (Å²) in [5.41, 5.74) is 6.86. The highest BCUT2D eigenvalue weighted by Gasteiger charge is 2.16. The van der Waals surface area contributed by atoms with Crippen LogP contribution in [0.2, 0.25) is 0 Å². The molecule has 2 rings (SSSR count). The van der Waals surface area contributed by atoms with Crippen LogP contribution in [0.4, 0.5) is 11.9 Å². The number of hydrogen-bond acceptors (Lipinski definition) is 6. The lowest BCUT2D eigenvalue weighted by Gasteiger charge is -2.15. The average Bonchev–Trinajstić information content (AvgIpc) is 2.89. The lowest BCUT2D eigenvalue weighted by molar-refractivity contribution is 0.0927. The van der Waals surface area contributed by atoms with E-state index in [1.54, 1.807) is 19.0 Å². The molecule has 2 heterocycles. The van der Waals surface area contributed by atoms with Gasteiger partial charge in [0.25, 0.3) is 5.91 Å². The highest BCUT2D eigenvalue weighted by Crippen LogP contribution is 2.08. The number of nitrogens with two attached hydrogens (primary N) is 1. The number of amides is 1. The topological polar surface area (TPSA) is 102 Å². The lowest BCUT2D eigenvalue weighted by Crippen LogP contribution is -2.34. The zero-order valence-corrected chi connectivity index (χ0v) is 13.9. The number of anilines is 2. The molecule has 0 bridgehead atoms. The third kappa shape index (κ3) is 4.41. The molecular formula is C15H23N7O. The predicted molar refractivity (Wildman–Crippen MR) is 89.2 cm³/mol. The summed E-state index contributed by atoms with van der Waals surface area (Å²) in [4.78, 5) is 25.9. The van der Waals surface area contributed by atoms with Gasteiger partial charge in [-0.15, -0.1) is 0 Å². The Morgan fingerprint density at radius 1 is 1.39 bits per heavy atom. The van der Waals surface area contributed by atoms with Crippen molar-refractivity contribution in [2.24, 2.45) is 7.05 Å². The van der Waals surface area contributed by atoms with Gasteiger partial charge in [-0.1, -0.05) is 0 Å². The molecule has 1 atom stereocenters. The maximum absolute atomic E-state index is 12.3. The van der Waals surface area contributed by atoms with Crippen LogP contribution >= 0.6 is 0 Å². The molecule has 0 radical (unpaired) electrons. The number of hydrogen-bond donors (Lipinski definition) is 2. The monoisotopic (exact) mass is 317 g/mol. The third-order valence-electron chi connectivity index (χ3n) is 3.51. The van der Waals surface area contributed by atoms with Gasteiger partial charge < -0.3 is 20.5 Å². The van der Waals surface area contributed by atoms with Gasteiger partial charge in [-0.3, -0.25) is 4.79 Å². The second kappa shape index (κ2) is 7.08. The molecule has 23 heavy (non-hydrogen) atoms. The summed E-state index contributed by atoms with van der Waals surface area (Å²) in [5.74, 6) is 0.0814. The number of nitrogen functional groups attached to an aromatic ring is 1. The summed E-state index contributed by atoms with van der Waals surface area (Å²) in [6.07, 6.45) is 3.72. The maximum atomic E-state index is 12.3. The molecule has 1 amide bonds. The maximum Gasteiger partial charge on any atom is 0.289 e. The Hall–Kier alpha value is -2.64. The smallest absolute Gasteiger partial charge is 0.289 e. The lowest BCUT2D eigenvalue weighted by atomic mass is 10.1. The van der Waals surface area contributed by atoms with E-state index in [-0.39, 0.29) is 23.7 Å². The normalized spacial score (nSPS) is 12.0. The largest absolute Gasteiger partial charge is 0.368 e. The molecule has 0 saturated heterocycles. The summed E-state index contributed by atoms with van der Waals surface area (Å²) >= 11 is 0. The number of carbonyl (C=O) groups is 1. The minimum atomic E-state index is -0.346. The van der Waals surface area contributed by atoms with E-state index < -0.39 is 0 Å². The zero-order valence-electron chi connectivity index (χ0n) is 13.9. The molecule has 0 aliphatic carbocycles. The first kappa shape index (κ1) is 16.7. The van der Waals surface area contributed by atoms with Crippen LogP contribution in [0.3, 0.4) is 0 Å². The van der Waals surface area contributed by atoms with E-state index in [0.717, 1.165) is 12.8 Å². The molecule has 0 fully saturated rings. The van der Waals surface area contributed by atoms with E-state index in [2.05, 4.69) is 30.9 Å². The van der Waals surface area contributed by atoms with E-state index in [4.69, 9.17) is 5.73 Å². The number of aryl methyl sites for hydroxylation is 2. The molecule has 2 aromatic heterocycles. The molecule has 0 aliphatic rings. The van der Waals surface area contributed by atoms with Crippen molar-refractivity contribution in [3.63, 3.8) is 0 Å². The average molecular weight is 317 g/mol. The van der Waals surface area contributed by atoms with Gasteiger partial charge in [-0.2, -0.15) is 15.0 Å². The molecule has 0 aliphatic heterocycles. The first-order chi connectivity index (χ1) is 10.9. The van der Waals surface area contributed by atoms with E-state index in [0.29, 0.717) is 5.95 Å². The fraction of sp³-hybridized carbons (Fsp3) is 0.467. The van der Waals surface area contributed by atoms with Crippen LogP contribution in [-0.4, -0.2) is 45.6 Å². The van der Waals surface area contributed by atoms with Gasteiger partial charge in [0.1, 0.15) is 0 Å². The first-order valence-corrected chi connectivity index (χ1v) is 7.46. The minimum Gasteiger partial charge on any atom is -0.368 e. The Bertz CT molecular complexity index is 680. The molecule has 0 aromatic carbocycles. The van der Waals surface area contributed by atoms with Crippen molar-refractivity contribution in [2.45, 2.75) is 25.8 Å². The molecular weight excluding hydrogens is 294 g/mol. The van der Waals surface area contributed by atoms with E-state index in [9.17, 15) is 4.79 Å². The van der Waals surface area contributed by atoms with Gasteiger partial charge in [0.15, 0.2) is 0 Å². The first-order valence-electron chi connectivity index (χ1n) is 7.46. The van der Waals surface area contributed by atoms with Gasteiger partial charge in [0, 0.05) is 39.1 Å². The number of nitrogens with zero attached hydrogens (tertiary/aromatic N) is 5. The zero-order chi connectivity index (χ0) is 17.0. The highest BCUT2D eigenvalue weighted by atomic mass is 16.2. The number of carbonyl (C=O) groups excluding carboxylic acids is 1. The molecule has 0 saturated carbocycles. The SMILES string of the molecule is CC(CCc1cccn1C)NC(=O)c1nc(N)nc(N(C)C)n1. The number of nitrogens with one attached hydrogen (secondary N) is 1. The van der Waals surface area contributed by atoms with Gasteiger partial charge in [0.05, 0.1) is 0 Å². The molecule has 0 spiro atoms. The fourth-order valence-corrected chi connectivity index (χ4v) is 2.16. The summed E-state index contributed by atoms with van der Waals surface area (Å²) in [7, 11) is 5.56. The van der Waals surface area contributed by atoms with Crippen molar-refractivity contribution in [3.8, 4) is 0 Å². The van der Waals surface area contributed by atoms with E-state index in [1.165, 1.54) is 5.69 Å². The second-order valence-electron chi connectivity index (χ2n) is 5.74. The van der Waals surface area contributed by atoms with Crippen molar-refractivity contribution in [1.82, 2.24) is 24.8 Å². The van der Waals surface area contributed by atoms with Crippen LogP contribution in [0.15, 0.2) is 18.3 Å². The Kier molecular flexibility index (Phi) is 5.15. The van der Waals surface area contributed by atoms with Gasteiger partial charge in [-0.05, 0) is 31.9 Å². The summed E-state index contributed by atoms with van der Waals surface area (Å²) < 4.78 is 2.07. The van der Waals surface area contributed by atoms with Crippen LogP contribution in [0.25, 0.3) is 0 Å². The van der Waals surface area contributed by atoms with Gasteiger partial charge in [0.2, 0.25) is 17.7 Å². The Balaban J connectivity index is 1.97. The van der Waals surface area contributed by atoms with Crippen molar-refractivity contribution in [1.29, 1.82) is 0 Å². The van der Waals surface area contributed by atoms with Gasteiger partial charge >= 0.3 is 0 Å². The molecule has 2 aromatic rings. The minimum absolute atomic E-state index is 0.00167. The number of aromatic nitrogens is 4. The standard InChI is InChI=1S/C15H23N7O/c1-10(7-8-11-6-5-9-22(11)4)17-13(23)12-18-14(16)20-15(19-12)21(2)3/h5-6,9-10H,7-8H2,1-4H3,(H,17,23)(H2,16,18,19,20). The van der Waals surface area contributed by atoms with E-state index >= 15 is 0 Å². The van der Waals surface area contributed by atoms with E-state index in [1.807, 2.05) is 26.2 Å². The Morgan fingerprint density at radius 2 is 2.13 bits per heavy atom. The molecule has 1 unspecified atom stereocenters. The number of rotatable bonds is 6. The second-order valence-corrected chi connectivity index (χ2v) is 5.74. The fourth-order valence-electron chi connectivity index (χ4n) is 2.16. The Labute approximate surface area is 135 Å². The predicted octanol–water partition coefficient (Wildman–Crippen LogP) is 0.609. The van der Waals surface area contributed by atoms with Crippen LogP contribution in [0.5, 0.6) is 0 Å². The van der Waals surface area contributed by atoms with Crippen molar-refractivity contribution < 1.29 is 4.79 Å². The molecule has 124 valence electrons. The summed E-state index contributed by atoms with van der Waals surface area (Å²) in [6, 6.07) is 4.08. The Morgan fingerprint density at radius 3 is 2.74 bits per heavy atom. The quantitative estimate of drug-likeness (QED) is 0.809. The molecule has 3 N–H and O–H groups in total. The van der Waals surface area contributed by atoms with Crippen LogP contribution in [-0.2, 0) is 13.5 Å². The van der Waals surface area contributed by atoms with Crippen molar-refractivity contribution in [3.05, 3.63) is 29.8 Å². The van der Waals surface area contributed by atoms with Gasteiger partial charge in [-0.25, -0.2) is 0 Å². The summed E-state index contributed by atoms with van der Waals surface area (Å²) in [5, 5.41) is 2.90. The third-order valence-corrected chi connectivity index (χ3v) is 3.51. The van der Waals surface area contributed by atoms with Crippen LogP contribution < -0.4 is 16.0 Å². The van der Waals surface area contributed by atoms with Crippen LogP contribution in [0, 0.1) is 0 Å². The van der Waals surface area contributed by atoms with Crippen LogP contribution in [0.1, 0.15) is 29.7 Å². The van der Waals surface area contributed by atoms with Crippen molar-refractivity contribution >= 4 is 17.8 Å². The highest BCUT2D eigenvalue weighted by molar-refractivity contribution is 5.91. The summed E-state index contributed by atoms with van der Waals surface area (Å²) in [6.45, 7) is 1.96. The molecule has 8 nitrogen and oxygen atoms in total. The molecule has 8 heteroatoms.